The van der Waals surface area contributed by atoms with E-state index in [1.165, 1.54) is 13.2 Å². The second-order valence-corrected chi connectivity index (χ2v) is 3.37. The van der Waals surface area contributed by atoms with Gasteiger partial charge in [-0.05, 0) is 19.1 Å². The van der Waals surface area contributed by atoms with E-state index in [0.29, 0.717) is 0 Å². The van der Waals surface area contributed by atoms with Crippen molar-refractivity contribution in [2.24, 2.45) is 0 Å². The van der Waals surface area contributed by atoms with Gasteiger partial charge in [0.25, 0.3) is 0 Å². The Kier molecular flexibility index (Phi) is 5.06. The van der Waals surface area contributed by atoms with Crippen LogP contribution in [0.3, 0.4) is 0 Å². The number of aromatic amines is 1. The lowest BCUT2D eigenvalue weighted by Crippen LogP contribution is -2.34. The minimum atomic E-state index is -0.668. The van der Waals surface area contributed by atoms with Crippen molar-refractivity contribution < 1.29 is 19.1 Å². The minimum Gasteiger partial charge on any atom is -0.464 e. The highest BCUT2D eigenvalue weighted by Gasteiger charge is 2.11. The van der Waals surface area contributed by atoms with Gasteiger partial charge in [-0.25, -0.2) is 9.59 Å². The molecule has 1 aromatic heterocycles. The molecule has 8 nitrogen and oxygen atoms in total. The Morgan fingerprint density at radius 2 is 2.28 bits per heavy atom. The zero-order valence-electron chi connectivity index (χ0n) is 9.77. The summed E-state index contributed by atoms with van der Waals surface area (Å²) in [5.74, 6) is -0.281. The quantitative estimate of drug-likeness (QED) is 0.547. The summed E-state index contributed by atoms with van der Waals surface area (Å²) in [4.78, 5) is 22.2. The fourth-order valence-corrected chi connectivity index (χ4v) is 1.20. The van der Waals surface area contributed by atoms with Crippen LogP contribution in [0.1, 0.15) is 17.4 Å². The summed E-state index contributed by atoms with van der Waals surface area (Å²) in [6, 6.07) is 1.39. The van der Waals surface area contributed by atoms with Gasteiger partial charge in [0.1, 0.15) is 5.69 Å². The number of hydrogen-bond donors (Lipinski definition) is 3. The molecular weight excluding hydrogens is 260 g/mol. The van der Waals surface area contributed by atoms with Crippen LogP contribution >= 0.6 is 12.2 Å². The van der Waals surface area contributed by atoms with Gasteiger partial charge >= 0.3 is 12.1 Å². The summed E-state index contributed by atoms with van der Waals surface area (Å²) < 4.78 is 9.12. The number of nitrogens with zero attached hydrogens (tertiary/aromatic N) is 1. The van der Waals surface area contributed by atoms with Crippen LogP contribution in [0.4, 0.5) is 10.6 Å². The van der Waals surface area contributed by atoms with Crippen molar-refractivity contribution in [1.82, 2.24) is 15.5 Å². The molecule has 1 amide bonds. The van der Waals surface area contributed by atoms with Crippen molar-refractivity contribution in [2.45, 2.75) is 6.92 Å². The largest absolute Gasteiger partial charge is 0.464 e. The zero-order chi connectivity index (χ0) is 13.5. The van der Waals surface area contributed by atoms with Gasteiger partial charge in [0, 0.05) is 6.07 Å². The van der Waals surface area contributed by atoms with Gasteiger partial charge in [-0.1, -0.05) is 0 Å². The van der Waals surface area contributed by atoms with E-state index < -0.39 is 12.1 Å². The molecule has 0 unspecified atom stereocenters. The molecule has 0 spiro atoms. The lowest BCUT2D eigenvalue weighted by atomic mass is 10.4. The molecule has 1 rings (SSSR count). The number of carbonyl (C=O) groups excluding carboxylic acids is 2. The molecule has 0 aromatic carbocycles. The van der Waals surface area contributed by atoms with Crippen LogP contribution < -0.4 is 10.6 Å². The zero-order valence-corrected chi connectivity index (χ0v) is 10.6. The predicted octanol–water partition coefficient (Wildman–Crippen LogP) is 0.639. The number of anilines is 1. The molecule has 98 valence electrons. The van der Waals surface area contributed by atoms with Crippen LogP contribution in [0, 0.1) is 0 Å². The van der Waals surface area contributed by atoms with E-state index in [0.717, 1.165) is 0 Å². The van der Waals surface area contributed by atoms with E-state index in [9.17, 15) is 9.59 Å². The van der Waals surface area contributed by atoms with Gasteiger partial charge in [0.05, 0.1) is 13.7 Å². The highest BCUT2D eigenvalue weighted by Crippen LogP contribution is 2.06. The van der Waals surface area contributed by atoms with E-state index in [1.54, 1.807) is 6.92 Å². The SMILES string of the molecule is CCOC(=O)NC(=S)Nc1cc(C(=O)OC)[nH]n1. The molecule has 0 atom stereocenters. The second kappa shape index (κ2) is 6.55. The highest BCUT2D eigenvalue weighted by atomic mass is 32.1. The third-order valence-electron chi connectivity index (χ3n) is 1.72. The number of nitrogens with one attached hydrogen (secondary N) is 3. The molecule has 0 saturated heterocycles. The molecule has 0 aliphatic rings. The molecule has 0 aliphatic carbocycles. The van der Waals surface area contributed by atoms with Crippen molar-refractivity contribution in [3.63, 3.8) is 0 Å². The number of H-pyrrole nitrogens is 1. The van der Waals surface area contributed by atoms with Gasteiger partial charge < -0.3 is 14.8 Å². The van der Waals surface area contributed by atoms with Crippen LogP contribution in [-0.4, -0.2) is 41.1 Å². The van der Waals surface area contributed by atoms with Crippen LogP contribution in [0.15, 0.2) is 6.07 Å². The Morgan fingerprint density at radius 3 is 2.89 bits per heavy atom. The maximum atomic E-state index is 11.1. The Bertz CT molecular complexity index is 459. The Labute approximate surface area is 108 Å². The van der Waals surface area contributed by atoms with Gasteiger partial charge in [-0.2, -0.15) is 5.10 Å². The Hall–Kier alpha value is -2.16. The molecule has 9 heteroatoms. The summed E-state index contributed by atoms with van der Waals surface area (Å²) in [6.07, 6.45) is -0.668. The molecule has 0 saturated carbocycles. The van der Waals surface area contributed by atoms with Crippen molar-refractivity contribution in [1.29, 1.82) is 0 Å². The highest BCUT2D eigenvalue weighted by molar-refractivity contribution is 7.80. The van der Waals surface area contributed by atoms with E-state index in [2.05, 4.69) is 30.3 Å². The van der Waals surface area contributed by atoms with E-state index in [1.807, 2.05) is 0 Å². The number of aromatic nitrogens is 2. The van der Waals surface area contributed by atoms with Gasteiger partial charge in [-0.3, -0.25) is 10.4 Å². The number of rotatable bonds is 3. The fourth-order valence-electron chi connectivity index (χ4n) is 1.01. The average molecular weight is 272 g/mol. The lowest BCUT2D eigenvalue weighted by Gasteiger charge is -2.06. The number of alkyl carbamates (subject to hydrolysis) is 1. The second-order valence-electron chi connectivity index (χ2n) is 2.96. The third-order valence-corrected chi connectivity index (χ3v) is 1.92. The van der Waals surface area contributed by atoms with Gasteiger partial charge in [0.15, 0.2) is 10.9 Å². The maximum Gasteiger partial charge on any atom is 0.413 e. The fraction of sp³-hybridized carbons (Fsp3) is 0.333. The first-order chi connectivity index (χ1) is 8.56. The maximum absolute atomic E-state index is 11.1. The third kappa shape index (κ3) is 4.01. The van der Waals surface area contributed by atoms with Crippen molar-refractivity contribution in [2.75, 3.05) is 19.0 Å². The van der Waals surface area contributed by atoms with E-state index in [-0.39, 0.29) is 23.2 Å². The number of esters is 1. The summed E-state index contributed by atoms with van der Waals surface area (Å²) in [5.41, 5.74) is 0.166. The Balaban J connectivity index is 2.52. The number of carbonyl (C=O) groups is 2. The lowest BCUT2D eigenvalue weighted by molar-refractivity contribution is 0.0594. The first-order valence-electron chi connectivity index (χ1n) is 4.95. The van der Waals surface area contributed by atoms with Gasteiger partial charge in [-0.15, -0.1) is 0 Å². The molecular formula is C9H12N4O4S. The van der Waals surface area contributed by atoms with Gasteiger partial charge in [0.2, 0.25) is 0 Å². The van der Waals surface area contributed by atoms with Crippen LogP contribution in [-0.2, 0) is 9.47 Å². The van der Waals surface area contributed by atoms with E-state index in [4.69, 9.17) is 12.2 Å². The Morgan fingerprint density at radius 1 is 1.56 bits per heavy atom. The van der Waals surface area contributed by atoms with Crippen LogP contribution in [0.25, 0.3) is 0 Å². The summed E-state index contributed by atoms with van der Waals surface area (Å²) in [6.45, 7) is 1.91. The molecule has 18 heavy (non-hydrogen) atoms. The van der Waals surface area contributed by atoms with Crippen molar-refractivity contribution >= 4 is 35.2 Å². The van der Waals surface area contributed by atoms with Crippen molar-refractivity contribution in [3.05, 3.63) is 11.8 Å². The first kappa shape index (κ1) is 13.9. The number of amides is 1. The summed E-state index contributed by atoms with van der Waals surface area (Å²) >= 11 is 4.84. The molecule has 3 N–H and O–H groups in total. The first-order valence-corrected chi connectivity index (χ1v) is 5.36. The molecule has 0 bridgehead atoms. The molecule has 1 aromatic rings. The summed E-state index contributed by atoms with van der Waals surface area (Å²) in [7, 11) is 1.25. The normalized spacial score (nSPS) is 9.44. The van der Waals surface area contributed by atoms with Crippen LogP contribution in [0.5, 0.6) is 0 Å². The number of hydrogen-bond acceptors (Lipinski definition) is 6. The number of thiocarbonyl (C=S) groups is 1. The van der Waals surface area contributed by atoms with Crippen molar-refractivity contribution in [3.8, 4) is 0 Å². The molecule has 0 aliphatic heterocycles. The predicted molar refractivity (Wildman–Crippen MR) is 66.3 cm³/mol. The van der Waals surface area contributed by atoms with E-state index >= 15 is 0 Å². The molecule has 0 fully saturated rings. The number of ether oxygens (including phenoxy) is 2. The minimum absolute atomic E-state index is 0.0105. The smallest absolute Gasteiger partial charge is 0.413 e. The standard InChI is InChI=1S/C9H12N4O4S/c1-3-17-9(15)11-8(18)10-6-4-5(12-13-6)7(14)16-2/h4H,3H2,1-2H3,(H3,10,11,12,13,15,18). The molecule has 1 heterocycles. The monoisotopic (exact) mass is 272 g/mol. The topological polar surface area (TPSA) is 105 Å². The number of methoxy groups -OCH3 is 1. The summed E-state index contributed by atoms with van der Waals surface area (Å²) in [5, 5.41) is 11.1. The molecule has 0 radical (unpaired) electrons. The van der Waals surface area contributed by atoms with Crippen LogP contribution in [0.2, 0.25) is 0 Å². The average Bonchev–Trinajstić information content (AvgIpc) is 2.76.